The molecule has 126 valence electrons. The third-order valence-electron chi connectivity index (χ3n) is 3.74. The van der Waals surface area contributed by atoms with Gasteiger partial charge >= 0.3 is 0 Å². The molecule has 0 saturated carbocycles. The van der Waals surface area contributed by atoms with E-state index in [4.69, 9.17) is 9.26 Å². The van der Waals surface area contributed by atoms with Gasteiger partial charge in [0.1, 0.15) is 5.76 Å². The van der Waals surface area contributed by atoms with E-state index in [0.29, 0.717) is 23.4 Å². The normalized spacial score (nSPS) is 12.6. The fraction of sp³-hybridized carbons (Fsp3) is 0.353. The van der Waals surface area contributed by atoms with Gasteiger partial charge in [0.15, 0.2) is 5.52 Å². The molecule has 1 unspecified atom stereocenters. The molecular formula is C17H19N3O4. The van der Waals surface area contributed by atoms with Crippen LogP contribution in [0.3, 0.4) is 0 Å². The van der Waals surface area contributed by atoms with Crippen molar-refractivity contribution >= 4 is 10.9 Å². The number of hydrogen-bond donors (Lipinski definition) is 1. The van der Waals surface area contributed by atoms with Gasteiger partial charge in [0.05, 0.1) is 36.9 Å². The standard InChI is InChI=1S/C17H19N3O4/c1-11-15-12(2)24-19-16(15)17(22)20(18-11)8-14(21)10-23-9-13-6-4-3-5-7-13/h3-7,14,21H,8-10H2,1-2H3. The van der Waals surface area contributed by atoms with Crippen molar-refractivity contribution in [1.29, 1.82) is 0 Å². The molecule has 24 heavy (non-hydrogen) atoms. The molecule has 0 radical (unpaired) electrons. The number of nitrogens with zero attached hydrogens (tertiary/aromatic N) is 3. The van der Waals surface area contributed by atoms with E-state index in [1.165, 1.54) is 4.68 Å². The Morgan fingerprint density at radius 3 is 2.79 bits per heavy atom. The molecule has 1 N–H and O–H groups in total. The first kappa shape index (κ1) is 16.4. The van der Waals surface area contributed by atoms with Crippen LogP contribution in [0, 0.1) is 13.8 Å². The van der Waals surface area contributed by atoms with Crippen LogP contribution in [0.4, 0.5) is 0 Å². The zero-order valence-electron chi connectivity index (χ0n) is 13.6. The van der Waals surface area contributed by atoms with E-state index in [-0.39, 0.29) is 24.2 Å². The van der Waals surface area contributed by atoms with Crippen molar-refractivity contribution in [2.45, 2.75) is 33.1 Å². The molecule has 0 aliphatic rings. The molecular weight excluding hydrogens is 310 g/mol. The molecule has 2 aromatic heterocycles. The summed E-state index contributed by atoms with van der Waals surface area (Å²) in [5.41, 5.74) is 1.52. The molecule has 3 rings (SSSR count). The van der Waals surface area contributed by atoms with Crippen LogP contribution in [0.1, 0.15) is 17.0 Å². The van der Waals surface area contributed by atoms with Crippen LogP contribution in [0.5, 0.6) is 0 Å². The second kappa shape index (κ2) is 6.94. The number of ether oxygens (including phenoxy) is 1. The minimum Gasteiger partial charge on any atom is -0.389 e. The Labute approximate surface area is 138 Å². The van der Waals surface area contributed by atoms with Gasteiger partial charge in [-0.15, -0.1) is 0 Å². The number of aromatic nitrogens is 3. The van der Waals surface area contributed by atoms with E-state index < -0.39 is 6.10 Å². The maximum atomic E-state index is 12.4. The number of fused-ring (bicyclic) bond motifs is 1. The molecule has 3 aromatic rings. The Kier molecular flexibility index (Phi) is 4.73. The molecule has 7 heteroatoms. The average molecular weight is 329 g/mol. The zero-order chi connectivity index (χ0) is 17.1. The molecule has 0 fully saturated rings. The SMILES string of the molecule is Cc1nn(CC(O)COCc2ccccc2)c(=O)c2noc(C)c12. The minimum absolute atomic E-state index is 0.0380. The fourth-order valence-electron chi connectivity index (χ4n) is 2.61. The van der Waals surface area contributed by atoms with Crippen LogP contribution in [-0.2, 0) is 17.9 Å². The van der Waals surface area contributed by atoms with Crippen LogP contribution in [0.15, 0.2) is 39.6 Å². The van der Waals surface area contributed by atoms with Gasteiger partial charge in [-0.25, -0.2) is 4.68 Å². The number of benzene rings is 1. The molecule has 0 bridgehead atoms. The van der Waals surface area contributed by atoms with E-state index >= 15 is 0 Å². The maximum absolute atomic E-state index is 12.4. The summed E-state index contributed by atoms with van der Waals surface area (Å²) in [4.78, 5) is 12.4. The highest BCUT2D eigenvalue weighted by Gasteiger charge is 2.16. The Balaban J connectivity index is 1.66. The van der Waals surface area contributed by atoms with Crippen LogP contribution >= 0.6 is 0 Å². The summed E-state index contributed by atoms with van der Waals surface area (Å²) in [7, 11) is 0. The quantitative estimate of drug-likeness (QED) is 0.738. The molecule has 1 aromatic carbocycles. The first-order valence-electron chi connectivity index (χ1n) is 7.69. The number of aryl methyl sites for hydroxylation is 2. The molecule has 0 spiro atoms. The summed E-state index contributed by atoms with van der Waals surface area (Å²) >= 11 is 0. The Bertz CT molecular complexity index is 886. The van der Waals surface area contributed by atoms with Crippen molar-refractivity contribution in [3.63, 3.8) is 0 Å². The van der Waals surface area contributed by atoms with Gasteiger partial charge in [0.2, 0.25) is 0 Å². The van der Waals surface area contributed by atoms with Gasteiger partial charge in [-0.05, 0) is 19.4 Å². The van der Waals surface area contributed by atoms with Crippen molar-refractivity contribution in [3.05, 3.63) is 57.7 Å². The minimum atomic E-state index is -0.844. The van der Waals surface area contributed by atoms with Crippen LogP contribution in [0.2, 0.25) is 0 Å². The summed E-state index contributed by atoms with van der Waals surface area (Å²) in [6, 6.07) is 9.68. The topological polar surface area (TPSA) is 90.4 Å². The first-order valence-corrected chi connectivity index (χ1v) is 7.69. The lowest BCUT2D eigenvalue weighted by molar-refractivity contribution is 0.0180. The van der Waals surface area contributed by atoms with E-state index in [9.17, 15) is 9.90 Å². The summed E-state index contributed by atoms with van der Waals surface area (Å²) < 4.78 is 11.8. The van der Waals surface area contributed by atoms with Crippen molar-refractivity contribution < 1.29 is 14.4 Å². The van der Waals surface area contributed by atoms with Crippen molar-refractivity contribution in [2.75, 3.05) is 6.61 Å². The Morgan fingerprint density at radius 2 is 2.04 bits per heavy atom. The lowest BCUT2D eigenvalue weighted by Gasteiger charge is -2.13. The summed E-state index contributed by atoms with van der Waals surface area (Å²) in [5, 5.41) is 18.8. The third-order valence-corrected chi connectivity index (χ3v) is 3.74. The first-order chi connectivity index (χ1) is 11.6. The van der Waals surface area contributed by atoms with Gasteiger partial charge in [-0.1, -0.05) is 35.5 Å². The van der Waals surface area contributed by atoms with E-state index in [1.807, 2.05) is 30.3 Å². The monoisotopic (exact) mass is 329 g/mol. The molecule has 1 atom stereocenters. The second-order valence-corrected chi connectivity index (χ2v) is 5.69. The van der Waals surface area contributed by atoms with Crippen molar-refractivity contribution in [2.24, 2.45) is 0 Å². The van der Waals surface area contributed by atoms with Gasteiger partial charge in [0.25, 0.3) is 5.56 Å². The highest BCUT2D eigenvalue weighted by atomic mass is 16.5. The number of aliphatic hydroxyl groups excluding tert-OH is 1. The second-order valence-electron chi connectivity index (χ2n) is 5.69. The largest absolute Gasteiger partial charge is 0.389 e. The number of hydrogen-bond acceptors (Lipinski definition) is 6. The molecule has 0 aliphatic heterocycles. The highest BCUT2D eigenvalue weighted by Crippen LogP contribution is 2.16. The van der Waals surface area contributed by atoms with Gasteiger partial charge < -0.3 is 14.4 Å². The predicted molar refractivity (Wildman–Crippen MR) is 87.6 cm³/mol. The lowest BCUT2D eigenvalue weighted by atomic mass is 10.2. The highest BCUT2D eigenvalue weighted by molar-refractivity contribution is 5.81. The van der Waals surface area contributed by atoms with Crippen LogP contribution in [-0.4, -0.2) is 32.8 Å². The van der Waals surface area contributed by atoms with Crippen LogP contribution < -0.4 is 5.56 Å². The lowest BCUT2D eigenvalue weighted by Crippen LogP contribution is -2.31. The molecule has 7 nitrogen and oxygen atoms in total. The zero-order valence-corrected chi connectivity index (χ0v) is 13.6. The van der Waals surface area contributed by atoms with Gasteiger partial charge in [-0.2, -0.15) is 5.10 Å². The third kappa shape index (κ3) is 3.37. The van der Waals surface area contributed by atoms with Crippen molar-refractivity contribution in [3.8, 4) is 0 Å². The van der Waals surface area contributed by atoms with E-state index in [0.717, 1.165) is 5.56 Å². The summed E-state index contributed by atoms with van der Waals surface area (Å²) in [6.45, 7) is 4.07. The van der Waals surface area contributed by atoms with Gasteiger partial charge in [0, 0.05) is 0 Å². The molecule has 2 heterocycles. The smallest absolute Gasteiger partial charge is 0.296 e. The van der Waals surface area contributed by atoms with Crippen molar-refractivity contribution in [1.82, 2.24) is 14.9 Å². The van der Waals surface area contributed by atoms with Gasteiger partial charge in [-0.3, -0.25) is 4.79 Å². The molecule has 0 saturated heterocycles. The Hall–Kier alpha value is -2.51. The number of aliphatic hydroxyl groups is 1. The number of rotatable bonds is 6. The maximum Gasteiger partial charge on any atom is 0.296 e. The van der Waals surface area contributed by atoms with E-state index in [2.05, 4.69) is 10.3 Å². The fourth-order valence-corrected chi connectivity index (χ4v) is 2.61. The molecule has 0 amide bonds. The predicted octanol–water partition coefficient (Wildman–Crippen LogP) is 1.58. The summed E-state index contributed by atoms with van der Waals surface area (Å²) in [5.74, 6) is 0.561. The van der Waals surface area contributed by atoms with Crippen LogP contribution in [0.25, 0.3) is 10.9 Å². The van der Waals surface area contributed by atoms with E-state index in [1.54, 1.807) is 13.8 Å². The Morgan fingerprint density at radius 1 is 1.29 bits per heavy atom. The summed E-state index contributed by atoms with van der Waals surface area (Å²) in [6.07, 6.45) is -0.844. The molecule has 0 aliphatic carbocycles. The average Bonchev–Trinajstić information content (AvgIpc) is 2.96.